The molecular formula is C18H14Cl2N4O3. The second-order valence-electron chi connectivity index (χ2n) is 5.88. The van der Waals surface area contributed by atoms with Crippen LogP contribution in [0.15, 0.2) is 29.1 Å². The smallest absolute Gasteiger partial charge is 0.258 e. The van der Waals surface area contributed by atoms with Crippen molar-refractivity contribution >= 4 is 45.1 Å². The Hall–Kier alpha value is -2.77. The summed E-state index contributed by atoms with van der Waals surface area (Å²) in [5.41, 5.74) is 1.69. The fourth-order valence-electron chi connectivity index (χ4n) is 2.90. The summed E-state index contributed by atoms with van der Waals surface area (Å²) in [6.45, 7) is 0. The monoisotopic (exact) mass is 404 g/mol. The molecule has 0 saturated heterocycles. The first-order valence-electron chi connectivity index (χ1n) is 7.97. The van der Waals surface area contributed by atoms with Crippen LogP contribution < -0.4 is 15.0 Å². The first kappa shape index (κ1) is 17.6. The molecule has 0 aliphatic heterocycles. The Morgan fingerprint density at radius 3 is 2.26 bits per heavy atom. The summed E-state index contributed by atoms with van der Waals surface area (Å²) in [7, 11) is 3.04. The van der Waals surface area contributed by atoms with Crippen LogP contribution in [0, 0.1) is 0 Å². The van der Waals surface area contributed by atoms with Crippen molar-refractivity contribution < 1.29 is 9.47 Å². The van der Waals surface area contributed by atoms with Crippen molar-refractivity contribution in [3.8, 4) is 11.5 Å². The van der Waals surface area contributed by atoms with Crippen molar-refractivity contribution in [2.24, 2.45) is 0 Å². The molecule has 0 bridgehead atoms. The Bertz CT molecular complexity index is 1190. The van der Waals surface area contributed by atoms with E-state index in [-0.39, 0.29) is 5.56 Å². The van der Waals surface area contributed by atoms with Crippen LogP contribution in [-0.2, 0) is 6.42 Å². The van der Waals surface area contributed by atoms with E-state index in [0.29, 0.717) is 56.0 Å². The minimum absolute atomic E-state index is 0.266. The number of rotatable bonds is 4. The highest BCUT2D eigenvalue weighted by molar-refractivity contribution is 6.42. The van der Waals surface area contributed by atoms with Crippen LogP contribution in [0.3, 0.4) is 0 Å². The predicted octanol–water partition coefficient (Wildman–Crippen LogP) is 3.71. The molecule has 2 aromatic heterocycles. The molecule has 0 atom stereocenters. The van der Waals surface area contributed by atoms with Gasteiger partial charge in [0.05, 0.1) is 52.6 Å². The maximum Gasteiger partial charge on any atom is 0.258 e. The third-order valence-electron chi connectivity index (χ3n) is 4.17. The zero-order valence-corrected chi connectivity index (χ0v) is 15.9. The van der Waals surface area contributed by atoms with Gasteiger partial charge in [-0.05, 0) is 18.2 Å². The Labute approximate surface area is 163 Å². The van der Waals surface area contributed by atoms with E-state index < -0.39 is 0 Å². The number of ether oxygens (including phenoxy) is 2. The zero-order chi connectivity index (χ0) is 19.1. The van der Waals surface area contributed by atoms with Crippen molar-refractivity contribution in [3.63, 3.8) is 0 Å². The first-order valence-corrected chi connectivity index (χ1v) is 8.72. The van der Waals surface area contributed by atoms with E-state index in [0.717, 1.165) is 5.52 Å². The van der Waals surface area contributed by atoms with Crippen LogP contribution in [0.5, 0.6) is 11.5 Å². The number of fused-ring (bicyclic) bond motifs is 2. The molecule has 2 heterocycles. The SMILES string of the molecule is COc1cc2nc(Cc3nc4cc(Cl)c(Cl)cc4[nH]3)[nH]c(=O)c2cc1OC. The molecule has 0 spiro atoms. The molecule has 2 N–H and O–H groups in total. The van der Waals surface area contributed by atoms with E-state index in [9.17, 15) is 4.79 Å². The second kappa shape index (κ2) is 6.75. The molecule has 0 fully saturated rings. The number of nitrogens with one attached hydrogen (secondary N) is 2. The fraction of sp³-hybridized carbons (Fsp3) is 0.167. The van der Waals surface area contributed by atoms with Crippen molar-refractivity contribution in [3.05, 3.63) is 56.3 Å². The molecule has 0 aliphatic rings. The van der Waals surface area contributed by atoms with E-state index in [1.54, 1.807) is 24.3 Å². The highest BCUT2D eigenvalue weighted by Crippen LogP contribution is 2.30. The molecule has 0 amide bonds. The molecule has 0 aliphatic carbocycles. The van der Waals surface area contributed by atoms with Crippen LogP contribution in [-0.4, -0.2) is 34.2 Å². The van der Waals surface area contributed by atoms with E-state index in [1.807, 2.05) is 0 Å². The largest absolute Gasteiger partial charge is 0.493 e. The summed E-state index contributed by atoms with van der Waals surface area (Å²) in [4.78, 5) is 27.4. The van der Waals surface area contributed by atoms with E-state index in [1.165, 1.54) is 14.2 Å². The quantitative estimate of drug-likeness (QED) is 0.540. The normalized spacial score (nSPS) is 11.3. The molecule has 4 rings (SSSR count). The Kier molecular flexibility index (Phi) is 4.41. The van der Waals surface area contributed by atoms with Crippen molar-refractivity contribution in [1.82, 2.24) is 19.9 Å². The van der Waals surface area contributed by atoms with Crippen molar-refractivity contribution in [2.75, 3.05) is 14.2 Å². The lowest BCUT2D eigenvalue weighted by Gasteiger charge is -2.09. The summed E-state index contributed by atoms with van der Waals surface area (Å²) in [5, 5.41) is 1.29. The molecule has 7 nitrogen and oxygen atoms in total. The Morgan fingerprint density at radius 2 is 1.52 bits per heavy atom. The van der Waals surface area contributed by atoms with Gasteiger partial charge in [0.2, 0.25) is 0 Å². The van der Waals surface area contributed by atoms with Gasteiger partial charge in [-0.2, -0.15) is 0 Å². The number of methoxy groups -OCH3 is 2. The predicted molar refractivity (Wildman–Crippen MR) is 104 cm³/mol. The van der Waals surface area contributed by atoms with Gasteiger partial charge in [-0.3, -0.25) is 4.79 Å². The van der Waals surface area contributed by atoms with Crippen LogP contribution in [0.25, 0.3) is 21.9 Å². The van der Waals surface area contributed by atoms with Gasteiger partial charge >= 0.3 is 0 Å². The molecule has 138 valence electrons. The van der Waals surface area contributed by atoms with E-state index in [4.69, 9.17) is 32.7 Å². The minimum atomic E-state index is -0.266. The van der Waals surface area contributed by atoms with E-state index >= 15 is 0 Å². The van der Waals surface area contributed by atoms with Crippen molar-refractivity contribution in [1.29, 1.82) is 0 Å². The lowest BCUT2D eigenvalue weighted by molar-refractivity contribution is 0.355. The number of H-pyrrole nitrogens is 2. The van der Waals surface area contributed by atoms with Gasteiger partial charge in [-0.15, -0.1) is 0 Å². The molecule has 0 radical (unpaired) electrons. The van der Waals surface area contributed by atoms with Gasteiger partial charge in [0.1, 0.15) is 11.6 Å². The van der Waals surface area contributed by atoms with E-state index in [2.05, 4.69) is 19.9 Å². The van der Waals surface area contributed by atoms with Gasteiger partial charge in [0.25, 0.3) is 5.56 Å². The summed E-state index contributed by atoms with van der Waals surface area (Å²) in [5.74, 6) is 2.07. The lowest BCUT2D eigenvalue weighted by atomic mass is 10.2. The maximum atomic E-state index is 12.5. The first-order chi connectivity index (χ1) is 13.0. The molecule has 9 heteroatoms. The van der Waals surface area contributed by atoms with Gasteiger partial charge < -0.3 is 19.4 Å². The number of halogens is 2. The number of aromatic nitrogens is 4. The molecule has 0 saturated carbocycles. The zero-order valence-electron chi connectivity index (χ0n) is 14.4. The minimum Gasteiger partial charge on any atom is -0.493 e. The summed E-state index contributed by atoms with van der Waals surface area (Å²) in [6, 6.07) is 6.68. The van der Waals surface area contributed by atoms with Gasteiger partial charge in [-0.25, -0.2) is 9.97 Å². The van der Waals surface area contributed by atoms with Gasteiger partial charge in [0, 0.05) is 6.07 Å². The third-order valence-corrected chi connectivity index (χ3v) is 4.89. The molecule has 2 aromatic carbocycles. The van der Waals surface area contributed by atoms with Gasteiger partial charge in [0.15, 0.2) is 11.5 Å². The summed E-state index contributed by atoms with van der Waals surface area (Å²) in [6.07, 6.45) is 0.309. The van der Waals surface area contributed by atoms with Crippen LogP contribution in [0.4, 0.5) is 0 Å². The van der Waals surface area contributed by atoms with Crippen molar-refractivity contribution in [2.45, 2.75) is 6.42 Å². The number of benzene rings is 2. The number of aromatic amines is 2. The standard InChI is InChI=1S/C18H14Cl2N4O3/c1-26-14-3-8-11(6-15(14)27-2)21-17(24-18(8)25)7-16-22-12-4-9(19)10(20)5-13(12)23-16/h3-6H,7H2,1-2H3,(H,22,23)(H,21,24,25). The van der Waals surface area contributed by atoms with Crippen LogP contribution in [0.1, 0.15) is 11.6 Å². The highest BCUT2D eigenvalue weighted by Gasteiger charge is 2.13. The number of hydrogen-bond donors (Lipinski definition) is 2. The number of nitrogens with zero attached hydrogens (tertiary/aromatic N) is 2. The van der Waals surface area contributed by atoms with Gasteiger partial charge in [-0.1, -0.05) is 23.2 Å². The Morgan fingerprint density at radius 1 is 0.889 bits per heavy atom. The summed E-state index contributed by atoms with van der Waals surface area (Å²) >= 11 is 12.1. The second-order valence-corrected chi connectivity index (χ2v) is 6.70. The van der Waals surface area contributed by atoms with Crippen LogP contribution >= 0.6 is 23.2 Å². The molecule has 27 heavy (non-hydrogen) atoms. The third kappa shape index (κ3) is 3.20. The fourth-order valence-corrected chi connectivity index (χ4v) is 3.22. The van der Waals surface area contributed by atoms with Crippen LogP contribution in [0.2, 0.25) is 10.0 Å². The number of imidazole rings is 1. The average Bonchev–Trinajstić information content (AvgIpc) is 3.01. The Balaban J connectivity index is 1.77. The molecule has 0 unspecified atom stereocenters. The molecule has 4 aromatic rings. The summed E-state index contributed by atoms with van der Waals surface area (Å²) < 4.78 is 10.5. The highest BCUT2D eigenvalue weighted by atomic mass is 35.5. The number of hydrogen-bond acceptors (Lipinski definition) is 5. The lowest BCUT2D eigenvalue weighted by Crippen LogP contribution is -2.13. The average molecular weight is 405 g/mol. The molecular weight excluding hydrogens is 391 g/mol. The maximum absolute atomic E-state index is 12.5. The topological polar surface area (TPSA) is 92.9 Å².